The number of amides is 1. The quantitative estimate of drug-likeness (QED) is 0.158. The molecule has 5 aromatic rings. The van der Waals surface area contributed by atoms with Crippen LogP contribution in [0.3, 0.4) is 0 Å². The second-order valence-corrected chi connectivity index (χ2v) is 15.1. The lowest BCUT2D eigenvalue weighted by molar-refractivity contribution is 0.0206. The van der Waals surface area contributed by atoms with E-state index in [0.717, 1.165) is 18.4 Å². The highest BCUT2D eigenvalue weighted by atomic mass is 32.2. The molecule has 12 nitrogen and oxygen atoms in total. The van der Waals surface area contributed by atoms with Crippen molar-refractivity contribution in [3.05, 3.63) is 102 Å². The van der Waals surface area contributed by atoms with E-state index < -0.39 is 15.6 Å². The van der Waals surface area contributed by atoms with E-state index in [9.17, 15) is 18.5 Å². The Kier molecular flexibility index (Phi) is 10.1. The summed E-state index contributed by atoms with van der Waals surface area (Å²) in [5.41, 5.74) is 2.57. The maximum atomic E-state index is 13.3. The summed E-state index contributed by atoms with van der Waals surface area (Å²) in [5, 5.41) is 14.1. The zero-order valence-electron chi connectivity index (χ0n) is 28.9. The summed E-state index contributed by atoms with van der Waals surface area (Å²) >= 11 is 0. The zero-order valence-corrected chi connectivity index (χ0v) is 29.7. The molecular weight excluding hydrogens is 667 g/mol. The van der Waals surface area contributed by atoms with Crippen molar-refractivity contribution in [1.29, 1.82) is 5.26 Å². The number of sulfonamides is 1. The first-order chi connectivity index (χ1) is 24.4. The van der Waals surface area contributed by atoms with Crippen molar-refractivity contribution in [3.63, 3.8) is 0 Å². The summed E-state index contributed by atoms with van der Waals surface area (Å²) in [4.78, 5) is 28.2. The molecule has 1 amide bonds. The summed E-state index contributed by atoms with van der Waals surface area (Å²) in [6.07, 6.45) is 4.62. The molecule has 0 saturated carbocycles. The third-order valence-electron chi connectivity index (χ3n) is 8.27. The number of nitriles is 1. The van der Waals surface area contributed by atoms with Gasteiger partial charge in [-0.1, -0.05) is 42.5 Å². The largest absolute Gasteiger partial charge is 0.444 e. The molecule has 0 unspecified atom stereocenters. The molecule has 1 aliphatic heterocycles. The van der Waals surface area contributed by atoms with Gasteiger partial charge in [-0.2, -0.15) is 5.26 Å². The highest BCUT2D eigenvalue weighted by molar-refractivity contribution is 7.91. The van der Waals surface area contributed by atoms with Gasteiger partial charge in [0, 0.05) is 42.3 Å². The van der Waals surface area contributed by atoms with Crippen LogP contribution in [-0.2, 0) is 20.5 Å². The van der Waals surface area contributed by atoms with E-state index in [0.29, 0.717) is 69.5 Å². The van der Waals surface area contributed by atoms with Crippen LogP contribution in [0, 0.1) is 18.3 Å². The lowest BCUT2D eigenvalue weighted by Gasteiger charge is -2.34. The van der Waals surface area contributed by atoms with E-state index >= 15 is 0 Å². The van der Waals surface area contributed by atoms with Crippen LogP contribution >= 0.6 is 0 Å². The minimum Gasteiger partial charge on any atom is -0.444 e. The highest BCUT2D eigenvalue weighted by Crippen LogP contribution is 2.39. The number of benzene rings is 3. The Morgan fingerprint density at radius 2 is 1.82 bits per heavy atom. The fraction of sp³-hybridized carbons (Fsp3) is 0.289. The smallest absolute Gasteiger partial charge is 0.410 e. The number of ether oxygens (including phenoxy) is 2. The first-order valence-corrected chi connectivity index (χ1v) is 18.3. The average Bonchev–Trinajstić information content (AvgIpc) is 3.09. The van der Waals surface area contributed by atoms with Crippen LogP contribution < -0.4 is 14.8 Å². The molecule has 2 aromatic heterocycles. The van der Waals surface area contributed by atoms with Crippen LogP contribution in [0.15, 0.2) is 85.2 Å². The third kappa shape index (κ3) is 8.53. The number of piperidine rings is 1. The molecule has 13 heteroatoms. The van der Waals surface area contributed by atoms with Gasteiger partial charge in [0.15, 0.2) is 0 Å². The summed E-state index contributed by atoms with van der Waals surface area (Å²) in [5.74, 6) is 0.887. The molecule has 262 valence electrons. The zero-order chi connectivity index (χ0) is 36.2. The van der Waals surface area contributed by atoms with Crippen LogP contribution in [0.4, 0.5) is 16.4 Å². The van der Waals surface area contributed by atoms with Gasteiger partial charge in [0.25, 0.3) is 0 Å². The second kappa shape index (κ2) is 14.6. The van der Waals surface area contributed by atoms with Gasteiger partial charge in [0.1, 0.15) is 11.4 Å². The van der Waals surface area contributed by atoms with Crippen molar-refractivity contribution >= 4 is 38.5 Å². The van der Waals surface area contributed by atoms with Crippen molar-refractivity contribution in [1.82, 2.24) is 19.9 Å². The average molecular weight is 706 g/mol. The fourth-order valence-electron chi connectivity index (χ4n) is 5.94. The molecule has 2 N–H and O–H groups in total. The molecule has 0 bridgehead atoms. The van der Waals surface area contributed by atoms with Crippen LogP contribution in [0.5, 0.6) is 11.6 Å². The number of likely N-dealkylation sites (tertiary alicyclic amines) is 1. The highest BCUT2D eigenvalue weighted by Gasteiger charge is 2.28. The molecule has 1 saturated heterocycles. The molecule has 1 fully saturated rings. The van der Waals surface area contributed by atoms with E-state index in [-0.39, 0.29) is 17.9 Å². The van der Waals surface area contributed by atoms with E-state index in [1.165, 1.54) is 0 Å². The fourth-order valence-corrected chi connectivity index (χ4v) is 7.19. The number of rotatable bonds is 9. The molecule has 1 atom stereocenters. The molecule has 0 radical (unpaired) electrons. The van der Waals surface area contributed by atoms with Gasteiger partial charge >= 0.3 is 6.09 Å². The molecule has 0 aliphatic carbocycles. The van der Waals surface area contributed by atoms with Gasteiger partial charge in [0.05, 0.1) is 34.3 Å². The lowest BCUT2D eigenvalue weighted by Crippen LogP contribution is -2.47. The number of nitrogens with zero attached hydrogens (tertiary/aromatic N) is 5. The summed E-state index contributed by atoms with van der Waals surface area (Å²) < 4.78 is 41.4. The number of hydrogen-bond acceptors (Lipinski definition) is 10. The first kappa shape index (κ1) is 35.1. The Bertz CT molecular complexity index is 2230. The van der Waals surface area contributed by atoms with Crippen LogP contribution in [0.25, 0.3) is 22.0 Å². The number of nitrogens with one attached hydrogen (secondary N) is 2. The number of fused-ring (bicyclic) bond motifs is 1. The van der Waals surface area contributed by atoms with Crippen molar-refractivity contribution < 1.29 is 22.7 Å². The van der Waals surface area contributed by atoms with Crippen LogP contribution in [0.1, 0.15) is 50.3 Å². The van der Waals surface area contributed by atoms with Gasteiger partial charge < -0.3 is 19.7 Å². The molecule has 0 spiro atoms. The van der Waals surface area contributed by atoms with Gasteiger partial charge in [-0.25, -0.2) is 28.2 Å². The normalized spacial score (nSPS) is 14.8. The van der Waals surface area contributed by atoms with E-state index in [1.54, 1.807) is 65.8 Å². The molecule has 6 rings (SSSR count). The van der Waals surface area contributed by atoms with Crippen LogP contribution in [0.2, 0.25) is 0 Å². The van der Waals surface area contributed by atoms with Crippen molar-refractivity contribution in [3.8, 4) is 29.0 Å². The molecule has 3 aromatic carbocycles. The Hall–Kier alpha value is -5.74. The van der Waals surface area contributed by atoms with E-state index in [1.807, 2.05) is 52.0 Å². The number of aromatic nitrogens is 3. The predicted octanol–water partition coefficient (Wildman–Crippen LogP) is 7.42. The number of carbonyl (C=O) groups excluding carboxylic acids is 1. The Morgan fingerprint density at radius 3 is 2.63 bits per heavy atom. The topological polar surface area (TPSA) is 159 Å². The monoisotopic (exact) mass is 705 g/mol. The lowest BCUT2D eigenvalue weighted by atomic mass is 10.0. The SMILES string of the molecule is Cc1ccc2c(NS(=O)(=O)Cc3ccccc3C#N)cccc2c1Oc1ncccc1-c1ccnc(N[C@H]2CCCN(C(=O)OC(C)(C)C)C2)n1. The third-order valence-corrected chi connectivity index (χ3v) is 9.49. The summed E-state index contributed by atoms with van der Waals surface area (Å²) in [7, 11) is -3.87. The standard InChI is InChI=1S/C38H39N7O5S/c1-25-16-17-29-30(13-7-15-33(29)44-51(47,48)24-27-11-6-5-10-26(27)22-39)34(25)49-35-31(14-8-19-40-35)32-18-20-41-36(43-32)42-28-12-9-21-45(23-28)37(46)50-38(2,3)4/h5-8,10-11,13-20,28,44H,9,12,21,23-24H2,1-4H3,(H,41,42,43)/t28-/m0/s1. The van der Waals surface area contributed by atoms with Gasteiger partial charge in [-0.15, -0.1) is 0 Å². The number of pyridine rings is 1. The Balaban J connectivity index is 1.24. The molecular formula is C38H39N7O5S. The molecule has 1 aliphatic rings. The minimum atomic E-state index is -3.87. The van der Waals surface area contributed by atoms with Crippen molar-refractivity contribution in [2.75, 3.05) is 23.1 Å². The van der Waals surface area contributed by atoms with Gasteiger partial charge in [-0.3, -0.25) is 4.72 Å². The number of aryl methyl sites for hydroxylation is 1. The second-order valence-electron chi connectivity index (χ2n) is 13.4. The van der Waals surface area contributed by atoms with Gasteiger partial charge in [-0.05, 0) is 82.0 Å². The first-order valence-electron chi connectivity index (χ1n) is 16.6. The minimum absolute atomic E-state index is 0.0582. The predicted molar refractivity (Wildman–Crippen MR) is 196 cm³/mol. The molecule has 51 heavy (non-hydrogen) atoms. The van der Waals surface area contributed by atoms with Gasteiger partial charge in [0.2, 0.25) is 21.9 Å². The summed E-state index contributed by atoms with van der Waals surface area (Å²) in [6, 6.07) is 23.1. The Labute approximate surface area is 297 Å². The summed E-state index contributed by atoms with van der Waals surface area (Å²) in [6.45, 7) is 8.56. The molecule has 3 heterocycles. The van der Waals surface area contributed by atoms with Crippen molar-refractivity contribution in [2.45, 2.75) is 57.9 Å². The maximum absolute atomic E-state index is 13.3. The van der Waals surface area contributed by atoms with Crippen molar-refractivity contribution in [2.24, 2.45) is 0 Å². The number of carbonyl (C=O) groups is 1. The Morgan fingerprint density at radius 1 is 1.00 bits per heavy atom. The maximum Gasteiger partial charge on any atom is 0.410 e. The van der Waals surface area contributed by atoms with Crippen LogP contribution in [-0.4, -0.2) is 59.1 Å². The van der Waals surface area contributed by atoms with E-state index in [4.69, 9.17) is 14.5 Å². The number of hydrogen-bond donors (Lipinski definition) is 2. The number of anilines is 2. The van der Waals surface area contributed by atoms with E-state index in [2.05, 4.69) is 26.1 Å².